The Bertz CT molecular complexity index is 657. The lowest BCUT2D eigenvalue weighted by Crippen LogP contribution is -2.19. The van der Waals surface area contributed by atoms with Crippen molar-refractivity contribution in [3.05, 3.63) is 35.9 Å². The maximum atomic E-state index is 12.1. The Morgan fingerprint density at radius 1 is 1.38 bits per heavy atom. The van der Waals surface area contributed by atoms with Crippen molar-refractivity contribution in [2.24, 2.45) is 12.1 Å². The number of hydrazone groups is 1. The summed E-state index contributed by atoms with van der Waals surface area (Å²) in [6.45, 7) is -1.18. The third kappa shape index (κ3) is 4.44. The molecule has 2 heterocycles. The van der Waals surface area contributed by atoms with Crippen molar-refractivity contribution < 1.29 is 18.0 Å². The summed E-state index contributed by atoms with van der Waals surface area (Å²) in [6.07, 6.45) is -0.422. The minimum Gasteiger partial charge on any atom is -0.275 e. The first-order valence-electron chi connectivity index (χ1n) is 5.77. The average molecular weight is 300 g/mol. The van der Waals surface area contributed by atoms with E-state index in [9.17, 15) is 18.0 Å². The van der Waals surface area contributed by atoms with Gasteiger partial charge in [-0.25, -0.2) is 5.43 Å². The van der Waals surface area contributed by atoms with Gasteiger partial charge in [0.05, 0.1) is 6.21 Å². The van der Waals surface area contributed by atoms with Gasteiger partial charge in [0, 0.05) is 19.4 Å². The number of aromatic nitrogens is 4. The number of hydrogen-bond acceptors (Lipinski definition) is 4. The van der Waals surface area contributed by atoms with E-state index in [0.29, 0.717) is 0 Å². The molecule has 0 aromatic carbocycles. The van der Waals surface area contributed by atoms with E-state index in [0.717, 1.165) is 10.9 Å². The van der Waals surface area contributed by atoms with Crippen molar-refractivity contribution in [3.63, 3.8) is 0 Å². The van der Waals surface area contributed by atoms with Gasteiger partial charge in [-0.1, -0.05) is 0 Å². The number of carbonyl (C=O) groups is 1. The summed E-state index contributed by atoms with van der Waals surface area (Å²) in [7, 11) is 1.66. The Balaban J connectivity index is 1.91. The van der Waals surface area contributed by atoms with E-state index in [4.69, 9.17) is 0 Å². The molecule has 112 valence electrons. The van der Waals surface area contributed by atoms with Gasteiger partial charge in [0.1, 0.15) is 12.2 Å². The molecule has 10 heteroatoms. The third-order valence-electron chi connectivity index (χ3n) is 2.31. The number of amides is 1. The Morgan fingerprint density at radius 2 is 2.14 bits per heavy atom. The summed E-state index contributed by atoms with van der Waals surface area (Å²) in [5.74, 6) is -0.526. The van der Waals surface area contributed by atoms with E-state index in [1.807, 2.05) is 0 Å². The summed E-state index contributed by atoms with van der Waals surface area (Å²) in [5, 5.41) is 11.1. The van der Waals surface area contributed by atoms with Gasteiger partial charge in [-0.2, -0.15) is 28.5 Å². The summed E-state index contributed by atoms with van der Waals surface area (Å²) in [4.78, 5) is 11.6. The van der Waals surface area contributed by atoms with Crippen LogP contribution in [0.1, 0.15) is 16.2 Å². The molecule has 0 atom stereocenters. The zero-order valence-corrected chi connectivity index (χ0v) is 10.9. The minimum absolute atomic E-state index is 0.178. The number of alkyl halides is 3. The van der Waals surface area contributed by atoms with Crippen LogP contribution in [0.25, 0.3) is 0 Å². The molecule has 0 aliphatic heterocycles. The molecule has 0 spiro atoms. The number of carbonyl (C=O) groups excluding carboxylic acids is 1. The number of nitrogens with zero attached hydrogens (tertiary/aromatic N) is 5. The lowest BCUT2D eigenvalue weighted by atomic mass is 10.4. The zero-order chi connectivity index (χ0) is 15.5. The van der Waals surface area contributed by atoms with Crippen LogP contribution in [0.5, 0.6) is 0 Å². The Labute approximate surface area is 117 Å². The minimum atomic E-state index is -4.34. The summed E-state index contributed by atoms with van der Waals surface area (Å²) < 4.78 is 38.6. The van der Waals surface area contributed by atoms with Gasteiger partial charge in [-0.15, -0.1) is 0 Å². The standard InChI is InChI=1S/C11H11F3N6O/c1-19-4-3-9(18-19)10(21)16-15-6-8-2-5-20(17-8)7-11(12,13)14/h2-6H,7H2,1H3,(H,16,21)/b15-6+. The number of nitrogens with one attached hydrogen (secondary N) is 1. The first-order chi connectivity index (χ1) is 9.83. The number of rotatable bonds is 4. The zero-order valence-electron chi connectivity index (χ0n) is 10.9. The summed E-state index contributed by atoms with van der Waals surface area (Å²) >= 11 is 0. The molecule has 0 unspecified atom stereocenters. The van der Waals surface area contributed by atoms with Crippen LogP contribution in [0.2, 0.25) is 0 Å². The van der Waals surface area contributed by atoms with Crippen LogP contribution in [-0.4, -0.2) is 37.9 Å². The molecule has 0 saturated carbocycles. The maximum absolute atomic E-state index is 12.1. The molecular weight excluding hydrogens is 289 g/mol. The molecule has 2 aromatic rings. The topological polar surface area (TPSA) is 77.1 Å². The van der Waals surface area contributed by atoms with Crippen molar-refractivity contribution in [1.29, 1.82) is 0 Å². The monoisotopic (exact) mass is 300 g/mol. The van der Waals surface area contributed by atoms with E-state index in [1.54, 1.807) is 13.2 Å². The molecule has 7 nitrogen and oxygen atoms in total. The second-order valence-corrected chi connectivity index (χ2v) is 4.13. The highest BCUT2D eigenvalue weighted by molar-refractivity contribution is 5.92. The predicted octanol–water partition coefficient (Wildman–Crippen LogP) is 0.943. The van der Waals surface area contributed by atoms with Crippen LogP contribution < -0.4 is 5.43 Å². The molecule has 0 bridgehead atoms. The van der Waals surface area contributed by atoms with Gasteiger partial charge in [0.25, 0.3) is 5.91 Å². The van der Waals surface area contributed by atoms with Crippen LogP contribution in [0.15, 0.2) is 29.6 Å². The lowest BCUT2D eigenvalue weighted by Gasteiger charge is -2.04. The van der Waals surface area contributed by atoms with E-state index in [-0.39, 0.29) is 11.4 Å². The maximum Gasteiger partial charge on any atom is 0.408 e. The normalized spacial score (nSPS) is 12.0. The van der Waals surface area contributed by atoms with E-state index in [2.05, 4.69) is 20.7 Å². The molecule has 0 radical (unpaired) electrons. The van der Waals surface area contributed by atoms with Crippen LogP contribution in [0.3, 0.4) is 0 Å². The fraction of sp³-hybridized carbons (Fsp3) is 0.273. The molecule has 1 amide bonds. The van der Waals surface area contributed by atoms with Gasteiger partial charge < -0.3 is 0 Å². The van der Waals surface area contributed by atoms with E-state index < -0.39 is 18.6 Å². The van der Waals surface area contributed by atoms with Gasteiger partial charge in [-0.05, 0) is 12.1 Å². The molecule has 0 aliphatic rings. The SMILES string of the molecule is Cn1ccc(C(=O)N/N=C/c2ccn(CC(F)(F)F)n2)n1. The molecule has 21 heavy (non-hydrogen) atoms. The molecule has 2 aromatic heterocycles. The molecule has 0 aliphatic carbocycles. The summed E-state index contributed by atoms with van der Waals surface area (Å²) in [5.41, 5.74) is 2.57. The van der Waals surface area contributed by atoms with Crippen molar-refractivity contribution in [3.8, 4) is 0 Å². The van der Waals surface area contributed by atoms with Crippen molar-refractivity contribution in [1.82, 2.24) is 25.0 Å². The summed E-state index contributed by atoms with van der Waals surface area (Å²) in [6, 6.07) is 2.85. The second kappa shape index (κ2) is 5.77. The predicted molar refractivity (Wildman–Crippen MR) is 66.6 cm³/mol. The number of aryl methyl sites for hydroxylation is 1. The molecule has 2 rings (SSSR count). The van der Waals surface area contributed by atoms with E-state index >= 15 is 0 Å². The molecule has 1 N–H and O–H groups in total. The Hall–Kier alpha value is -2.65. The smallest absolute Gasteiger partial charge is 0.275 e. The van der Waals surface area contributed by atoms with Gasteiger partial charge in [0.2, 0.25) is 0 Å². The fourth-order valence-electron chi connectivity index (χ4n) is 1.47. The van der Waals surface area contributed by atoms with Crippen molar-refractivity contribution in [2.75, 3.05) is 0 Å². The van der Waals surface area contributed by atoms with Gasteiger partial charge >= 0.3 is 6.18 Å². The van der Waals surface area contributed by atoms with Crippen LogP contribution in [0.4, 0.5) is 13.2 Å². The van der Waals surface area contributed by atoms with Crippen molar-refractivity contribution >= 4 is 12.1 Å². The van der Waals surface area contributed by atoms with E-state index in [1.165, 1.54) is 23.0 Å². The number of halogens is 3. The largest absolute Gasteiger partial charge is 0.408 e. The fourth-order valence-corrected chi connectivity index (χ4v) is 1.47. The average Bonchev–Trinajstić information content (AvgIpc) is 2.96. The molecule has 0 fully saturated rings. The Morgan fingerprint density at radius 3 is 2.76 bits per heavy atom. The lowest BCUT2D eigenvalue weighted by molar-refractivity contribution is -0.142. The quantitative estimate of drug-likeness (QED) is 0.674. The first-order valence-corrected chi connectivity index (χ1v) is 5.77. The first kappa shape index (κ1) is 14.8. The highest BCUT2D eigenvalue weighted by atomic mass is 19.4. The van der Waals surface area contributed by atoms with Crippen molar-refractivity contribution in [2.45, 2.75) is 12.7 Å². The molecular formula is C11H11F3N6O. The van der Waals surface area contributed by atoms with Crippen LogP contribution in [0, 0.1) is 0 Å². The highest BCUT2D eigenvalue weighted by Crippen LogP contribution is 2.16. The van der Waals surface area contributed by atoms with Gasteiger partial charge in [-0.3, -0.25) is 14.2 Å². The van der Waals surface area contributed by atoms with Gasteiger partial charge in [0.15, 0.2) is 5.69 Å². The van der Waals surface area contributed by atoms with Crippen LogP contribution in [-0.2, 0) is 13.6 Å². The second-order valence-electron chi connectivity index (χ2n) is 4.13. The number of hydrogen-bond donors (Lipinski definition) is 1. The Kier molecular flexibility index (Phi) is 4.05. The highest BCUT2D eigenvalue weighted by Gasteiger charge is 2.28. The third-order valence-corrected chi connectivity index (χ3v) is 2.31. The molecule has 0 saturated heterocycles. The van der Waals surface area contributed by atoms with Crippen LogP contribution >= 0.6 is 0 Å².